The van der Waals surface area contributed by atoms with Gasteiger partial charge in [-0.3, -0.25) is 0 Å². The summed E-state index contributed by atoms with van der Waals surface area (Å²) in [6.45, 7) is 6.70. The second-order valence-corrected chi connectivity index (χ2v) is 6.85. The smallest absolute Gasteiger partial charge is 0.433 e. The predicted octanol–water partition coefficient (Wildman–Crippen LogP) is 3.37. The van der Waals surface area contributed by atoms with E-state index < -0.39 is 28.0 Å². The Balaban J connectivity index is 3.07. The molecular formula is C12H15F3N2OS. The maximum Gasteiger partial charge on any atom is 0.433 e. The molecule has 0 fully saturated rings. The second kappa shape index (κ2) is 5.50. The van der Waals surface area contributed by atoms with Gasteiger partial charge >= 0.3 is 6.18 Å². The molecule has 1 aromatic heterocycles. The van der Waals surface area contributed by atoms with Gasteiger partial charge in [0.05, 0.1) is 5.69 Å². The number of hydrogen-bond donors (Lipinski definition) is 0. The molecule has 0 bridgehead atoms. The number of halogens is 3. The monoisotopic (exact) mass is 292 g/mol. The molecule has 0 aromatic carbocycles. The van der Waals surface area contributed by atoms with Crippen LogP contribution in [0.3, 0.4) is 0 Å². The molecule has 0 radical (unpaired) electrons. The number of hydrogen-bond acceptors (Lipinski definition) is 3. The third kappa shape index (κ3) is 4.50. The Morgan fingerprint density at radius 2 is 1.84 bits per heavy atom. The van der Waals surface area contributed by atoms with E-state index in [0.717, 1.165) is 6.07 Å². The Morgan fingerprint density at radius 1 is 1.26 bits per heavy atom. The van der Waals surface area contributed by atoms with Gasteiger partial charge in [-0.15, -0.1) is 0 Å². The highest BCUT2D eigenvalue weighted by atomic mass is 32.2. The summed E-state index contributed by atoms with van der Waals surface area (Å²) in [4.78, 5) is 3.49. The van der Waals surface area contributed by atoms with E-state index in [1.807, 2.05) is 0 Å². The van der Waals surface area contributed by atoms with E-state index in [1.165, 1.54) is 19.1 Å². The standard InChI is InChI=1S/C12H15F3N2OS/c1-8(17-19(18)11(2,3)4)9-6-5-7-10(16-9)12(13,14)15/h5-7H,1-4H3/b17-8+. The zero-order chi connectivity index (χ0) is 14.8. The Hall–Kier alpha value is -1.08. The quantitative estimate of drug-likeness (QED) is 0.620. The van der Waals surface area contributed by atoms with Crippen LogP contribution in [-0.2, 0) is 17.5 Å². The topological polar surface area (TPSA) is 48.3 Å². The lowest BCUT2D eigenvalue weighted by Crippen LogP contribution is -2.27. The first-order chi connectivity index (χ1) is 8.51. The minimum Gasteiger partial charge on any atom is -0.591 e. The molecule has 0 aliphatic rings. The van der Waals surface area contributed by atoms with Crippen molar-refractivity contribution in [3.05, 3.63) is 29.6 Å². The van der Waals surface area contributed by atoms with Gasteiger partial charge in [-0.25, -0.2) is 4.98 Å². The molecule has 106 valence electrons. The average molecular weight is 292 g/mol. The van der Waals surface area contributed by atoms with E-state index in [1.54, 1.807) is 20.8 Å². The van der Waals surface area contributed by atoms with Crippen LogP contribution in [0.25, 0.3) is 0 Å². The molecular weight excluding hydrogens is 277 g/mol. The summed E-state index contributed by atoms with van der Waals surface area (Å²) in [6, 6.07) is 3.55. The maximum absolute atomic E-state index is 12.5. The van der Waals surface area contributed by atoms with Gasteiger partial charge in [-0.05, 0) is 39.8 Å². The van der Waals surface area contributed by atoms with Crippen molar-refractivity contribution in [2.45, 2.75) is 38.6 Å². The molecule has 0 saturated carbocycles. The summed E-state index contributed by atoms with van der Waals surface area (Å²) in [5.41, 5.74) is -0.687. The van der Waals surface area contributed by atoms with Crippen molar-refractivity contribution < 1.29 is 17.7 Å². The van der Waals surface area contributed by atoms with Gasteiger partial charge in [0.2, 0.25) is 0 Å². The van der Waals surface area contributed by atoms with Crippen molar-refractivity contribution in [2.24, 2.45) is 4.40 Å². The number of rotatable bonds is 2. The molecule has 7 heteroatoms. The minimum atomic E-state index is -4.50. The summed E-state index contributed by atoms with van der Waals surface area (Å²) < 4.78 is 52.7. The van der Waals surface area contributed by atoms with Crippen LogP contribution in [0.4, 0.5) is 13.2 Å². The van der Waals surface area contributed by atoms with E-state index >= 15 is 0 Å². The van der Waals surface area contributed by atoms with E-state index in [9.17, 15) is 17.7 Å². The van der Waals surface area contributed by atoms with Gasteiger partial charge in [0.1, 0.15) is 27.5 Å². The summed E-state index contributed by atoms with van der Waals surface area (Å²) in [5, 5.41) is 0. The van der Waals surface area contributed by atoms with E-state index in [-0.39, 0.29) is 11.4 Å². The van der Waals surface area contributed by atoms with Crippen LogP contribution < -0.4 is 0 Å². The Kier molecular flexibility index (Phi) is 4.63. The van der Waals surface area contributed by atoms with Crippen LogP contribution in [0.1, 0.15) is 39.1 Å². The van der Waals surface area contributed by atoms with E-state index in [2.05, 4.69) is 9.38 Å². The molecule has 1 heterocycles. The highest BCUT2D eigenvalue weighted by Crippen LogP contribution is 2.27. The molecule has 0 amide bonds. The molecule has 0 N–H and O–H groups in total. The van der Waals surface area contributed by atoms with Crippen LogP contribution in [0, 0.1) is 0 Å². The molecule has 1 atom stereocenters. The average Bonchev–Trinajstić information content (AvgIpc) is 2.26. The fraction of sp³-hybridized carbons (Fsp3) is 0.500. The van der Waals surface area contributed by atoms with Crippen molar-refractivity contribution in [3.8, 4) is 0 Å². The SMILES string of the molecule is C/C(=N\[S+]([O-])C(C)(C)C)c1cccc(C(F)(F)F)n1. The molecule has 0 aliphatic carbocycles. The van der Waals surface area contributed by atoms with Crippen molar-refractivity contribution >= 4 is 17.1 Å². The molecule has 1 rings (SSSR count). The Morgan fingerprint density at radius 3 is 2.32 bits per heavy atom. The third-order valence-electron chi connectivity index (χ3n) is 2.15. The van der Waals surface area contributed by atoms with Gasteiger partial charge in [0, 0.05) is 0 Å². The molecule has 19 heavy (non-hydrogen) atoms. The Bertz CT molecular complexity index is 481. The van der Waals surface area contributed by atoms with Crippen LogP contribution in [-0.4, -0.2) is 20.0 Å². The molecule has 3 nitrogen and oxygen atoms in total. The summed E-state index contributed by atoms with van der Waals surface area (Å²) in [6.07, 6.45) is -4.50. The first kappa shape index (κ1) is 16.0. The van der Waals surface area contributed by atoms with Crippen molar-refractivity contribution in [1.82, 2.24) is 4.98 Å². The molecule has 0 spiro atoms. The van der Waals surface area contributed by atoms with Crippen LogP contribution >= 0.6 is 0 Å². The minimum absolute atomic E-state index is 0.0763. The van der Waals surface area contributed by atoms with Gasteiger partial charge < -0.3 is 4.55 Å². The van der Waals surface area contributed by atoms with Gasteiger partial charge in [-0.2, -0.15) is 13.2 Å². The lowest BCUT2D eigenvalue weighted by Gasteiger charge is -2.18. The van der Waals surface area contributed by atoms with Gasteiger partial charge in [-0.1, -0.05) is 10.5 Å². The molecule has 0 saturated heterocycles. The van der Waals surface area contributed by atoms with E-state index in [0.29, 0.717) is 0 Å². The molecule has 1 aromatic rings. The van der Waals surface area contributed by atoms with Crippen molar-refractivity contribution in [3.63, 3.8) is 0 Å². The van der Waals surface area contributed by atoms with Crippen LogP contribution in [0.2, 0.25) is 0 Å². The summed E-state index contributed by atoms with van der Waals surface area (Å²) in [5.74, 6) is 0. The zero-order valence-electron chi connectivity index (χ0n) is 11.1. The molecule has 0 aliphatic heterocycles. The normalized spacial score (nSPS) is 15.5. The lowest BCUT2D eigenvalue weighted by atomic mass is 10.2. The molecule has 1 unspecified atom stereocenters. The number of alkyl halides is 3. The number of nitrogens with zero attached hydrogens (tertiary/aromatic N) is 2. The number of aromatic nitrogens is 1. The highest BCUT2D eigenvalue weighted by molar-refractivity contribution is 7.91. The first-order valence-corrected chi connectivity index (χ1v) is 6.64. The van der Waals surface area contributed by atoms with E-state index in [4.69, 9.17) is 0 Å². The fourth-order valence-electron chi connectivity index (χ4n) is 1.10. The predicted molar refractivity (Wildman–Crippen MR) is 69.3 cm³/mol. The van der Waals surface area contributed by atoms with Gasteiger partial charge in [0.25, 0.3) is 0 Å². The Labute approximate surface area is 113 Å². The maximum atomic E-state index is 12.5. The summed E-state index contributed by atoms with van der Waals surface area (Å²) >= 11 is -1.53. The number of pyridine rings is 1. The second-order valence-electron chi connectivity index (χ2n) is 4.94. The van der Waals surface area contributed by atoms with Crippen molar-refractivity contribution in [1.29, 1.82) is 0 Å². The lowest BCUT2D eigenvalue weighted by molar-refractivity contribution is -0.141. The van der Waals surface area contributed by atoms with Crippen molar-refractivity contribution in [2.75, 3.05) is 0 Å². The third-order valence-corrected chi connectivity index (χ3v) is 3.64. The highest BCUT2D eigenvalue weighted by Gasteiger charge is 2.33. The van der Waals surface area contributed by atoms with Crippen LogP contribution in [0.5, 0.6) is 0 Å². The van der Waals surface area contributed by atoms with Gasteiger partial charge in [0.15, 0.2) is 0 Å². The fourth-order valence-corrected chi connectivity index (χ4v) is 1.72. The van der Waals surface area contributed by atoms with Crippen LogP contribution in [0.15, 0.2) is 22.6 Å². The largest absolute Gasteiger partial charge is 0.591 e. The summed E-state index contributed by atoms with van der Waals surface area (Å²) in [7, 11) is 0. The first-order valence-electron chi connectivity index (χ1n) is 5.54. The zero-order valence-corrected chi connectivity index (χ0v) is 11.9.